The maximum atomic E-state index is 13.2. The first-order chi connectivity index (χ1) is 13.9. The normalized spacial score (nSPS) is 50.9. The second-order valence-electron chi connectivity index (χ2n) is 12.0. The number of aliphatic hydroxyl groups excluding tert-OH is 1. The molecule has 1 unspecified atom stereocenters. The van der Waals surface area contributed by atoms with Crippen molar-refractivity contribution in [3.63, 3.8) is 0 Å². The molecule has 0 aromatic heterocycles. The van der Waals surface area contributed by atoms with Crippen molar-refractivity contribution in [1.29, 1.82) is 0 Å². The molecule has 5 heteroatoms. The average molecular weight is 431 g/mol. The van der Waals surface area contributed by atoms with Crippen LogP contribution in [0, 0.1) is 46.3 Å². The zero-order valence-electron chi connectivity index (χ0n) is 19.1. The van der Waals surface area contributed by atoms with Crippen LogP contribution >= 0.6 is 0 Å². The molecular weight excluding hydrogens is 389 g/mol. The molecule has 0 amide bonds. The van der Waals surface area contributed by atoms with Crippen LogP contribution in [0.2, 0.25) is 0 Å². The van der Waals surface area contributed by atoms with Crippen LogP contribution in [0.1, 0.15) is 91.9 Å². The van der Waals surface area contributed by atoms with E-state index in [1.165, 1.54) is 0 Å². The van der Waals surface area contributed by atoms with E-state index in [1.807, 2.05) is 0 Å². The average Bonchev–Trinajstić information content (AvgIpc) is 3.04. The first kappa shape index (κ1) is 22.9. The number of hydrogen-bond donors (Lipinski definition) is 2. The number of halogens is 3. The van der Waals surface area contributed by atoms with Crippen LogP contribution in [-0.2, 0) is 0 Å². The molecular formula is C25H41F3O2. The molecule has 0 radical (unpaired) electrons. The number of hydrogen-bond acceptors (Lipinski definition) is 2. The van der Waals surface area contributed by atoms with Crippen LogP contribution < -0.4 is 0 Å². The Morgan fingerprint density at radius 1 is 0.933 bits per heavy atom. The van der Waals surface area contributed by atoms with E-state index in [0.717, 1.165) is 64.2 Å². The molecule has 4 fully saturated rings. The molecule has 0 heterocycles. The third-order valence-corrected chi connectivity index (χ3v) is 11.0. The van der Waals surface area contributed by atoms with E-state index >= 15 is 0 Å². The molecule has 0 aromatic rings. The summed E-state index contributed by atoms with van der Waals surface area (Å²) < 4.78 is 39.7. The van der Waals surface area contributed by atoms with E-state index < -0.39 is 23.8 Å². The third kappa shape index (κ3) is 3.36. The maximum absolute atomic E-state index is 13.2. The lowest BCUT2D eigenvalue weighted by Gasteiger charge is -2.62. The quantitative estimate of drug-likeness (QED) is 0.548. The summed E-state index contributed by atoms with van der Waals surface area (Å²) in [5.74, 6) is 1.49. The van der Waals surface area contributed by atoms with E-state index in [1.54, 1.807) is 6.92 Å². The molecule has 2 nitrogen and oxygen atoms in total. The van der Waals surface area contributed by atoms with Gasteiger partial charge in [-0.3, -0.25) is 0 Å². The Balaban J connectivity index is 1.54. The van der Waals surface area contributed by atoms with E-state index in [4.69, 9.17) is 0 Å². The molecule has 174 valence electrons. The van der Waals surface area contributed by atoms with Gasteiger partial charge in [0.2, 0.25) is 0 Å². The van der Waals surface area contributed by atoms with Gasteiger partial charge in [-0.15, -0.1) is 0 Å². The van der Waals surface area contributed by atoms with Crippen molar-refractivity contribution < 1.29 is 23.4 Å². The number of aliphatic hydroxyl groups is 2. The van der Waals surface area contributed by atoms with Crippen LogP contribution in [0.5, 0.6) is 0 Å². The highest BCUT2D eigenvalue weighted by atomic mass is 19.4. The highest BCUT2D eigenvalue weighted by molar-refractivity contribution is 5.11. The molecule has 4 rings (SSSR count). The van der Waals surface area contributed by atoms with Gasteiger partial charge >= 0.3 is 6.18 Å². The molecule has 4 aliphatic carbocycles. The summed E-state index contributed by atoms with van der Waals surface area (Å²) in [6, 6.07) is 0. The van der Waals surface area contributed by atoms with Crippen molar-refractivity contribution in [2.45, 2.75) is 110 Å². The van der Waals surface area contributed by atoms with Crippen LogP contribution in [-0.4, -0.2) is 28.1 Å². The fraction of sp³-hybridized carbons (Fsp3) is 1.00. The smallest absolute Gasteiger partial charge is 0.390 e. The van der Waals surface area contributed by atoms with Gasteiger partial charge in [0.25, 0.3) is 0 Å². The van der Waals surface area contributed by atoms with Gasteiger partial charge in [-0.25, -0.2) is 0 Å². The molecule has 0 aromatic carbocycles. The monoisotopic (exact) mass is 430 g/mol. The van der Waals surface area contributed by atoms with Crippen molar-refractivity contribution in [1.82, 2.24) is 0 Å². The Morgan fingerprint density at radius 3 is 2.23 bits per heavy atom. The number of fused-ring (bicyclic) bond motifs is 5. The largest absolute Gasteiger partial charge is 0.414 e. The summed E-state index contributed by atoms with van der Waals surface area (Å²) in [6.07, 6.45) is 3.19. The summed E-state index contributed by atoms with van der Waals surface area (Å²) in [5.41, 5.74) is -0.322. The SMILES string of the molecule is CC[C@]1(O)CC[C@@]2(C)[C@@H](CC[C@@H]3[C@@H]2CC[C@]2(C)C([C@H](C)[C@H](O)C(F)(F)F)CC[C@@H]32)C1. The Labute approximate surface area is 180 Å². The number of rotatable bonds is 3. The van der Waals surface area contributed by atoms with Gasteiger partial charge in [0.1, 0.15) is 0 Å². The molecule has 0 spiro atoms. The van der Waals surface area contributed by atoms with Crippen LogP contribution in [0.25, 0.3) is 0 Å². The van der Waals surface area contributed by atoms with Crippen molar-refractivity contribution in [2.24, 2.45) is 46.3 Å². The summed E-state index contributed by atoms with van der Waals surface area (Å²) in [5, 5.41) is 20.9. The molecule has 4 saturated carbocycles. The summed E-state index contributed by atoms with van der Waals surface area (Å²) in [6.45, 7) is 8.40. The standard InChI is InChI=1S/C25H41F3O2/c1-5-24(30)13-12-22(3)16(14-24)6-7-17-19-9-8-18(15(2)21(29)25(26,27)28)23(19,4)11-10-20(17)22/h15-21,29-30H,5-14H2,1-4H3/t15-,16-,17-,18?,19-,20-,21-,22-,23+,24-/m0/s1. The Bertz CT molecular complexity index is 651. The molecule has 0 saturated heterocycles. The third-order valence-electron chi connectivity index (χ3n) is 11.0. The molecule has 30 heavy (non-hydrogen) atoms. The van der Waals surface area contributed by atoms with Gasteiger partial charge in [0.05, 0.1) is 5.60 Å². The lowest BCUT2D eigenvalue weighted by Crippen LogP contribution is -2.56. The first-order valence-electron chi connectivity index (χ1n) is 12.3. The van der Waals surface area contributed by atoms with Crippen molar-refractivity contribution in [3.8, 4) is 0 Å². The minimum atomic E-state index is -4.53. The van der Waals surface area contributed by atoms with Crippen molar-refractivity contribution >= 4 is 0 Å². The van der Waals surface area contributed by atoms with E-state index in [-0.39, 0.29) is 16.7 Å². The lowest BCUT2D eigenvalue weighted by atomic mass is 9.43. The van der Waals surface area contributed by atoms with Gasteiger partial charge in [-0.05, 0) is 111 Å². The van der Waals surface area contributed by atoms with Crippen LogP contribution in [0.3, 0.4) is 0 Å². The molecule has 4 aliphatic rings. The first-order valence-corrected chi connectivity index (χ1v) is 12.3. The minimum Gasteiger partial charge on any atom is -0.390 e. The van der Waals surface area contributed by atoms with Crippen LogP contribution in [0.15, 0.2) is 0 Å². The second-order valence-corrected chi connectivity index (χ2v) is 12.0. The van der Waals surface area contributed by atoms with Gasteiger partial charge < -0.3 is 10.2 Å². The highest BCUT2D eigenvalue weighted by Gasteiger charge is 2.62. The molecule has 10 atom stereocenters. The lowest BCUT2D eigenvalue weighted by molar-refractivity contribution is -0.228. The summed E-state index contributed by atoms with van der Waals surface area (Å²) >= 11 is 0. The summed E-state index contributed by atoms with van der Waals surface area (Å²) in [4.78, 5) is 0. The van der Waals surface area contributed by atoms with Gasteiger partial charge in [0.15, 0.2) is 6.10 Å². The van der Waals surface area contributed by atoms with Crippen LogP contribution in [0.4, 0.5) is 13.2 Å². The van der Waals surface area contributed by atoms with E-state index in [2.05, 4.69) is 20.8 Å². The predicted octanol–water partition coefficient (Wildman–Crippen LogP) is 6.35. The summed E-state index contributed by atoms with van der Waals surface area (Å²) in [7, 11) is 0. The van der Waals surface area contributed by atoms with Gasteiger partial charge in [-0.1, -0.05) is 27.7 Å². The highest BCUT2D eigenvalue weighted by Crippen LogP contribution is 2.69. The molecule has 0 bridgehead atoms. The van der Waals surface area contributed by atoms with Gasteiger partial charge in [0, 0.05) is 0 Å². The zero-order valence-corrected chi connectivity index (χ0v) is 19.1. The minimum absolute atomic E-state index is 0.0536. The fourth-order valence-electron chi connectivity index (χ4n) is 9.07. The number of alkyl halides is 3. The molecule has 2 N–H and O–H groups in total. The Hall–Kier alpha value is -0.290. The Kier molecular flexibility index (Phi) is 5.62. The van der Waals surface area contributed by atoms with E-state index in [0.29, 0.717) is 23.7 Å². The van der Waals surface area contributed by atoms with Crippen molar-refractivity contribution in [2.75, 3.05) is 0 Å². The van der Waals surface area contributed by atoms with Crippen molar-refractivity contribution in [3.05, 3.63) is 0 Å². The zero-order chi connectivity index (χ0) is 22.1. The Morgan fingerprint density at radius 2 is 1.60 bits per heavy atom. The molecule has 0 aliphatic heterocycles. The topological polar surface area (TPSA) is 40.5 Å². The maximum Gasteiger partial charge on any atom is 0.414 e. The van der Waals surface area contributed by atoms with E-state index in [9.17, 15) is 23.4 Å². The fourth-order valence-corrected chi connectivity index (χ4v) is 9.07. The van der Waals surface area contributed by atoms with Gasteiger partial charge in [-0.2, -0.15) is 13.2 Å². The predicted molar refractivity (Wildman–Crippen MR) is 112 cm³/mol. The second kappa shape index (κ2) is 7.37.